The molecule has 1 aliphatic carbocycles. The monoisotopic (exact) mass is 184 g/mol. The molecular formula is C10H20N2O. The summed E-state index contributed by atoms with van der Waals surface area (Å²) in [5, 5.41) is 13.0. The van der Waals surface area contributed by atoms with Gasteiger partial charge in [0.2, 0.25) is 0 Å². The van der Waals surface area contributed by atoms with Gasteiger partial charge < -0.3 is 15.3 Å². The number of nitrogens with one attached hydrogen (secondary N) is 1. The van der Waals surface area contributed by atoms with Gasteiger partial charge in [-0.2, -0.15) is 0 Å². The van der Waals surface area contributed by atoms with E-state index in [2.05, 4.69) is 10.2 Å². The number of rotatable bonds is 4. The molecule has 1 atom stereocenters. The smallest absolute Gasteiger partial charge is 0.0662 e. The number of hydrogen-bond donors (Lipinski definition) is 2. The van der Waals surface area contributed by atoms with Gasteiger partial charge in [0.25, 0.3) is 0 Å². The van der Waals surface area contributed by atoms with Crippen molar-refractivity contribution in [3.63, 3.8) is 0 Å². The molecule has 13 heavy (non-hydrogen) atoms. The average molecular weight is 184 g/mol. The lowest BCUT2D eigenvalue weighted by Gasteiger charge is -2.17. The fourth-order valence-electron chi connectivity index (χ4n) is 2.03. The van der Waals surface area contributed by atoms with Crippen LogP contribution in [0.1, 0.15) is 25.7 Å². The van der Waals surface area contributed by atoms with Crippen LogP contribution in [-0.4, -0.2) is 48.3 Å². The summed E-state index contributed by atoms with van der Waals surface area (Å²) in [6.07, 6.45) is 4.28. The molecule has 0 bridgehead atoms. The van der Waals surface area contributed by atoms with Crippen LogP contribution in [0.25, 0.3) is 0 Å². The second-order valence-corrected chi connectivity index (χ2v) is 4.55. The fraction of sp³-hybridized carbons (Fsp3) is 1.00. The summed E-state index contributed by atoms with van der Waals surface area (Å²) < 4.78 is 0. The lowest BCUT2D eigenvalue weighted by Crippen LogP contribution is -2.31. The minimum atomic E-state index is -0.266. The quantitative estimate of drug-likeness (QED) is 0.655. The number of likely N-dealkylation sites (tertiary alicyclic amines) is 1. The van der Waals surface area contributed by atoms with E-state index < -0.39 is 0 Å². The molecule has 2 fully saturated rings. The Hall–Kier alpha value is -0.120. The van der Waals surface area contributed by atoms with Crippen LogP contribution >= 0.6 is 0 Å². The van der Waals surface area contributed by atoms with Crippen LogP contribution in [0.5, 0.6) is 0 Å². The van der Waals surface area contributed by atoms with Gasteiger partial charge in [-0.05, 0) is 39.3 Å². The van der Waals surface area contributed by atoms with E-state index in [0.29, 0.717) is 6.04 Å². The normalized spacial score (nSPS) is 32.3. The van der Waals surface area contributed by atoms with Crippen LogP contribution in [0.3, 0.4) is 0 Å². The Bertz CT molecular complexity index is 180. The van der Waals surface area contributed by atoms with Crippen LogP contribution in [0.15, 0.2) is 0 Å². The molecule has 3 heteroatoms. The maximum absolute atomic E-state index is 9.67. The Morgan fingerprint density at radius 1 is 1.54 bits per heavy atom. The van der Waals surface area contributed by atoms with E-state index in [0.717, 1.165) is 32.4 Å². The van der Waals surface area contributed by atoms with Crippen LogP contribution in [0, 0.1) is 0 Å². The minimum Gasteiger partial charge on any atom is -0.390 e. The summed E-state index contributed by atoms with van der Waals surface area (Å²) >= 11 is 0. The number of likely N-dealkylation sites (N-methyl/N-ethyl adjacent to an activating group) is 1. The molecule has 0 amide bonds. The third-order valence-corrected chi connectivity index (χ3v) is 3.40. The lowest BCUT2D eigenvalue weighted by atomic mass is 10.2. The van der Waals surface area contributed by atoms with Crippen molar-refractivity contribution in [2.45, 2.75) is 37.3 Å². The highest BCUT2D eigenvalue weighted by molar-refractivity contribution is 4.94. The number of aliphatic hydroxyl groups is 1. The molecule has 3 nitrogen and oxygen atoms in total. The molecule has 0 aromatic rings. The lowest BCUT2D eigenvalue weighted by molar-refractivity contribution is 0.124. The summed E-state index contributed by atoms with van der Waals surface area (Å²) in [4.78, 5) is 2.46. The maximum atomic E-state index is 9.67. The summed E-state index contributed by atoms with van der Waals surface area (Å²) in [5.74, 6) is 0. The minimum absolute atomic E-state index is 0.266. The Morgan fingerprint density at radius 2 is 2.31 bits per heavy atom. The highest BCUT2D eigenvalue weighted by atomic mass is 16.3. The van der Waals surface area contributed by atoms with E-state index in [1.54, 1.807) is 0 Å². The third-order valence-electron chi connectivity index (χ3n) is 3.40. The van der Waals surface area contributed by atoms with Crippen molar-refractivity contribution < 1.29 is 5.11 Å². The van der Waals surface area contributed by atoms with E-state index in [-0.39, 0.29) is 5.60 Å². The van der Waals surface area contributed by atoms with E-state index in [4.69, 9.17) is 0 Å². The van der Waals surface area contributed by atoms with Crippen molar-refractivity contribution >= 4 is 0 Å². The largest absolute Gasteiger partial charge is 0.390 e. The first kappa shape index (κ1) is 9.44. The first-order chi connectivity index (χ1) is 6.22. The third kappa shape index (κ3) is 2.42. The first-order valence-corrected chi connectivity index (χ1v) is 5.34. The Kier molecular flexibility index (Phi) is 2.58. The molecule has 0 aromatic carbocycles. The molecule has 1 saturated carbocycles. The molecule has 2 aliphatic rings. The summed E-state index contributed by atoms with van der Waals surface area (Å²) in [6, 6.07) is 0.675. The molecule has 1 saturated heterocycles. The predicted molar refractivity (Wildman–Crippen MR) is 52.7 cm³/mol. The van der Waals surface area contributed by atoms with Gasteiger partial charge >= 0.3 is 0 Å². The van der Waals surface area contributed by atoms with Crippen molar-refractivity contribution in [1.82, 2.24) is 10.2 Å². The van der Waals surface area contributed by atoms with E-state index in [1.165, 1.54) is 13.0 Å². The summed E-state index contributed by atoms with van der Waals surface area (Å²) in [6.45, 7) is 3.43. The molecule has 2 N–H and O–H groups in total. The van der Waals surface area contributed by atoms with E-state index in [1.807, 2.05) is 7.05 Å². The fourth-order valence-corrected chi connectivity index (χ4v) is 2.03. The van der Waals surface area contributed by atoms with Gasteiger partial charge in [-0.1, -0.05) is 0 Å². The number of nitrogens with zero attached hydrogens (tertiary/aromatic N) is 1. The van der Waals surface area contributed by atoms with Crippen molar-refractivity contribution in [1.29, 1.82) is 0 Å². The highest BCUT2D eigenvalue weighted by Crippen LogP contribution is 2.38. The van der Waals surface area contributed by atoms with Crippen LogP contribution < -0.4 is 5.32 Å². The van der Waals surface area contributed by atoms with Gasteiger partial charge in [-0.3, -0.25) is 0 Å². The van der Waals surface area contributed by atoms with Gasteiger partial charge in [0.05, 0.1) is 5.60 Å². The second kappa shape index (κ2) is 3.56. The summed E-state index contributed by atoms with van der Waals surface area (Å²) in [5.41, 5.74) is -0.266. The zero-order chi connectivity index (χ0) is 9.31. The second-order valence-electron chi connectivity index (χ2n) is 4.55. The average Bonchev–Trinajstić information content (AvgIpc) is 2.69. The van der Waals surface area contributed by atoms with Crippen LogP contribution in [-0.2, 0) is 0 Å². The molecule has 0 spiro atoms. The molecule has 1 heterocycles. The van der Waals surface area contributed by atoms with Crippen molar-refractivity contribution in [2.24, 2.45) is 0 Å². The van der Waals surface area contributed by atoms with Crippen molar-refractivity contribution in [3.8, 4) is 0 Å². The predicted octanol–water partition coefficient (Wildman–Crippen LogP) is 0.195. The standard InChI is InChI=1S/C10H20N2O/c1-11-9-2-6-12(8-9)7-5-10(13)3-4-10/h9,11,13H,2-8H2,1H3. The molecule has 0 aromatic heterocycles. The van der Waals surface area contributed by atoms with E-state index >= 15 is 0 Å². The van der Waals surface area contributed by atoms with Gasteiger partial charge in [0.1, 0.15) is 0 Å². The molecule has 1 unspecified atom stereocenters. The Morgan fingerprint density at radius 3 is 2.85 bits per heavy atom. The first-order valence-electron chi connectivity index (χ1n) is 5.34. The molecule has 76 valence electrons. The maximum Gasteiger partial charge on any atom is 0.0662 e. The summed E-state index contributed by atoms with van der Waals surface area (Å²) in [7, 11) is 2.03. The van der Waals surface area contributed by atoms with Crippen LogP contribution in [0.4, 0.5) is 0 Å². The van der Waals surface area contributed by atoms with Crippen LogP contribution in [0.2, 0.25) is 0 Å². The number of hydrogen-bond acceptors (Lipinski definition) is 3. The highest BCUT2D eigenvalue weighted by Gasteiger charge is 2.40. The zero-order valence-corrected chi connectivity index (χ0v) is 8.42. The van der Waals surface area contributed by atoms with E-state index in [9.17, 15) is 5.11 Å². The Labute approximate surface area is 80.1 Å². The van der Waals surface area contributed by atoms with Gasteiger partial charge in [0, 0.05) is 19.1 Å². The molecule has 0 radical (unpaired) electrons. The van der Waals surface area contributed by atoms with Crippen molar-refractivity contribution in [2.75, 3.05) is 26.7 Å². The van der Waals surface area contributed by atoms with Crippen molar-refractivity contribution in [3.05, 3.63) is 0 Å². The molecule has 1 aliphatic heterocycles. The molecular weight excluding hydrogens is 164 g/mol. The molecule has 2 rings (SSSR count). The zero-order valence-electron chi connectivity index (χ0n) is 8.42. The topological polar surface area (TPSA) is 35.5 Å². The van der Waals surface area contributed by atoms with Gasteiger partial charge in [-0.15, -0.1) is 0 Å². The SMILES string of the molecule is CNC1CCN(CCC2(O)CC2)C1. The van der Waals surface area contributed by atoms with Gasteiger partial charge in [0.15, 0.2) is 0 Å². The van der Waals surface area contributed by atoms with Gasteiger partial charge in [-0.25, -0.2) is 0 Å². The Balaban J connectivity index is 1.66.